The van der Waals surface area contributed by atoms with Gasteiger partial charge in [0, 0.05) is 18.7 Å². The second-order valence-corrected chi connectivity index (χ2v) is 9.02. The first-order chi connectivity index (χ1) is 17.1. The van der Waals surface area contributed by atoms with E-state index in [2.05, 4.69) is 0 Å². The summed E-state index contributed by atoms with van der Waals surface area (Å²) in [5.74, 6) is -0.962. The van der Waals surface area contributed by atoms with E-state index in [1.165, 1.54) is 0 Å². The van der Waals surface area contributed by atoms with E-state index in [4.69, 9.17) is 4.74 Å². The number of carbonyl (C=O) groups is 3. The zero-order chi connectivity index (χ0) is 24.4. The summed E-state index contributed by atoms with van der Waals surface area (Å²) in [4.78, 5) is 44.3. The van der Waals surface area contributed by atoms with Crippen molar-refractivity contribution in [1.82, 2.24) is 4.90 Å². The zero-order valence-corrected chi connectivity index (χ0v) is 19.7. The number of nitrogens with zero attached hydrogens (tertiary/aromatic N) is 2. The molecule has 0 N–H and O–H groups in total. The van der Waals surface area contributed by atoms with Gasteiger partial charge in [-0.1, -0.05) is 78.9 Å². The fraction of sp³-hybridized carbons (Fsp3) is 0.276. The lowest BCUT2D eigenvalue weighted by atomic mass is 9.74. The molecule has 1 fully saturated rings. The van der Waals surface area contributed by atoms with Crippen molar-refractivity contribution in [1.29, 1.82) is 0 Å². The van der Waals surface area contributed by atoms with Crippen LogP contribution in [0, 0.1) is 0 Å². The van der Waals surface area contributed by atoms with Gasteiger partial charge in [-0.15, -0.1) is 0 Å². The van der Waals surface area contributed by atoms with Crippen molar-refractivity contribution in [3.05, 3.63) is 102 Å². The molecule has 0 saturated carbocycles. The van der Waals surface area contributed by atoms with Gasteiger partial charge in [0.15, 0.2) is 0 Å². The van der Waals surface area contributed by atoms with Crippen LogP contribution in [0.1, 0.15) is 30.0 Å². The van der Waals surface area contributed by atoms with Crippen LogP contribution in [-0.4, -0.2) is 41.9 Å². The van der Waals surface area contributed by atoms with Gasteiger partial charge in [0.25, 0.3) is 0 Å². The number of para-hydroxylation sites is 1. The van der Waals surface area contributed by atoms with Gasteiger partial charge in [-0.05, 0) is 36.1 Å². The van der Waals surface area contributed by atoms with Gasteiger partial charge in [0.05, 0.1) is 13.2 Å². The van der Waals surface area contributed by atoms with Gasteiger partial charge in [0.1, 0.15) is 11.5 Å². The highest BCUT2D eigenvalue weighted by Crippen LogP contribution is 2.51. The lowest BCUT2D eigenvalue weighted by Gasteiger charge is -2.32. The fourth-order valence-corrected chi connectivity index (χ4v) is 5.45. The maximum atomic E-state index is 14.2. The van der Waals surface area contributed by atoms with Crippen LogP contribution in [0.2, 0.25) is 0 Å². The number of rotatable bonds is 7. The number of hydrogen-bond acceptors (Lipinski definition) is 4. The summed E-state index contributed by atoms with van der Waals surface area (Å²) in [6, 6.07) is 26.1. The summed E-state index contributed by atoms with van der Waals surface area (Å²) in [6.45, 7) is 2.62. The summed E-state index contributed by atoms with van der Waals surface area (Å²) in [6.07, 6.45) is 0.536. The number of likely N-dealkylation sites (tertiary alicyclic amines) is 1. The molecule has 0 unspecified atom stereocenters. The molecule has 3 aromatic rings. The Morgan fingerprint density at radius 3 is 2.23 bits per heavy atom. The molecular weight excluding hydrogens is 440 g/mol. The third-order valence-electron chi connectivity index (χ3n) is 7.01. The van der Waals surface area contributed by atoms with Crippen molar-refractivity contribution >= 4 is 23.5 Å². The predicted octanol–water partition coefficient (Wildman–Crippen LogP) is 3.88. The third kappa shape index (κ3) is 3.89. The van der Waals surface area contributed by atoms with Crippen LogP contribution < -0.4 is 4.90 Å². The molecule has 6 nitrogen and oxygen atoms in total. The first-order valence-electron chi connectivity index (χ1n) is 12.0. The molecule has 2 aliphatic rings. The topological polar surface area (TPSA) is 66.9 Å². The van der Waals surface area contributed by atoms with Crippen LogP contribution in [0.15, 0.2) is 84.9 Å². The van der Waals surface area contributed by atoms with Crippen LogP contribution in [-0.2, 0) is 37.5 Å². The van der Waals surface area contributed by atoms with Crippen LogP contribution in [0.25, 0.3) is 0 Å². The van der Waals surface area contributed by atoms with Crippen molar-refractivity contribution in [2.75, 3.05) is 18.1 Å². The van der Waals surface area contributed by atoms with E-state index in [1.54, 1.807) is 16.7 Å². The Balaban J connectivity index is 1.56. The lowest BCUT2D eigenvalue weighted by molar-refractivity contribution is -0.154. The van der Waals surface area contributed by atoms with E-state index in [-0.39, 0.29) is 24.8 Å². The summed E-state index contributed by atoms with van der Waals surface area (Å²) in [5, 5.41) is 0. The number of carbonyl (C=O) groups excluding carboxylic acids is 3. The van der Waals surface area contributed by atoms with Crippen LogP contribution in [0.4, 0.5) is 5.69 Å². The highest BCUT2D eigenvalue weighted by atomic mass is 16.5. The molecule has 0 aromatic heterocycles. The Morgan fingerprint density at radius 1 is 0.914 bits per heavy atom. The molecule has 178 valence electrons. The van der Waals surface area contributed by atoms with Crippen molar-refractivity contribution in [2.24, 2.45) is 0 Å². The summed E-state index contributed by atoms with van der Waals surface area (Å²) in [5.41, 5.74) is 2.20. The second kappa shape index (κ2) is 9.37. The number of esters is 1. The molecule has 1 spiro atoms. The van der Waals surface area contributed by atoms with Crippen molar-refractivity contribution in [3.8, 4) is 0 Å². The first-order valence-corrected chi connectivity index (χ1v) is 12.0. The molecule has 6 heteroatoms. The smallest absolute Gasteiger partial charge is 0.330 e. The molecule has 0 bridgehead atoms. The van der Waals surface area contributed by atoms with Crippen LogP contribution >= 0.6 is 0 Å². The summed E-state index contributed by atoms with van der Waals surface area (Å²) < 4.78 is 5.46. The van der Waals surface area contributed by atoms with E-state index < -0.39 is 17.4 Å². The molecule has 5 rings (SSSR count). The first kappa shape index (κ1) is 22.8. The molecule has 2 atom stereocenters. The van der Waals surface area contributed by atoms with Gasteiger partial charge in [0.2, 0.25) is 11.8 Å². The molecular formula is C29H28N2O4. The number of amides is 2. The van der Waals surface area contributed by atoms with Gasteiger partial charge in [-0.3, -0.25) is 9.59 Å². The quantitative estimate of drug-likeness (QED) is 0.494. The normalized spacial score (nSPS) is 21.0. The Morgan fingerprint density at radius 2 is 1.54 bits per heavy atom. The van der Waals surface area contributed by atoms with E-state index >= 15 is 0 Å². The van der Waals surface area contributed by atoms with E-state index in [9.17, 15) is 14.4 Å². The summed E-state index contributed by atoms with van der Waals surface area (Å²) in [7, 11) is 0. The molecule has 2 aliphatic heterocycles. The average molecular weight is 469 g/mol. The van der Waals surface area contributed by atoms with Gasteiger partial charge in [-0.2, -0.15) is 0 Å². The number of anilines is 1. The zero-order valence-electron chi connectivity index (χ0n) is 19.7. The minimum absolute atomic E-state index is 0.0492. The maximum Gasteiger partial charge on any atom is 0.330 e. The van der Waals surface area contributed by atoms with Crippen LogP contribution in [0.3, 0.4) is 0 Å². The molecule has 2 heterocycles. The fourth-order valence-electron chi connectivity index (χ4n) is 5.45. The molecule has 2 amide bonds. The van der Waals surface area contributed by atoms with Crippen molar-refractivity contribution in [3.63, 3.8) is 0 Å². The predicted molar refractivity (Wildman–Crippen MR) is 133 cm³/mol. The SMILES string of the molecule is CCOC(=O)[C@@H]1N(CCc2ccccc2)C(=O)C[C@]12C(=O)N(Cc1ccccc1)c1ccccc12. The monoisotopic (exact) mass is 468 g/mol. The van der Waals surface area contributed by atoms with Gasteiger partial charge in [-0.25, -0.2) is 4.79 Å². The van der Waals surface area contributed by atoms with Gasteiger partial charge >= 0.3 is 5.97 Å². The highest BCUT2D eigenvalue weighted by molar-refractivity contribution is 6.15. The molecule has 35 heavy (non-hydrogen) atoms. The highest BCUT2D eigenvalue weighted by Gasteiger charge is 2.65. The number of ether oxygens (including phenoxy) is 1. The standard InChI is InChI=1S/C29H28N2O4/c1-2-35-27(33)26-29(19-25(32)30(26)18-17-21-11-5-3-6-12-21)23-15-9-10-16-24(23)31(28(29)34)20-22-13-7-4-8-14-22/h3-16,26H,2,17-20H2,1H3/t26-,29+/m0/s1. The Kier molecular flexibility index (Phi) is 6.12. The van der Waals surface area contributed by atoms with Crippen molar-refractivity contribution < 1.29 is 19.1 Å². The number of fused-ring (bicyclic) bond motifs is 2. The second-order valence-electron chi connectivity index (χ2n) is 9.02. The number of benzene rings is 3. The minimum Gasteiger partial charge on any atom is -0.464 e. The largest absolute Gasteiger partial charge is 0.464 e. The minimum atomic E-state index is -1.30. The summed E-state index contributed by atoms with van der Waals surface area (Å²) >= 11 is 0. The van der Waals surface area contributed by atoms with E-state index in [0.717, 1.165) is 22.4 Å². The maximum absolute atomic E-state index is 14.2. The van der Waals surface area contributed by atoms with Gasteiger partial charge < -0.3 is 14.5 Å². The van der Waals surface area contributed by atoms with E-state index in [0.29, 0.717) is 19.5 Å². The molecule has 0 radical (unpaired) electrons. The Hall–Kier alpha value is -3.93. The van der Waals surface area contributed by atoms with Crippen molar-refractivity contribution in [2.45, 2.75) is 37.8 Å². The Bertz CT molecular complexity index is 1240. The number of hydrogen-bond donors (Lipinski definition) is 0. The molecule has 0 aliphatic carbocycles. The molecule has 3 aromatic carbocycles. The molecule has 1 saturated heterocycles. The van der Waals surface area contributed by atoms with Crippen LogP contribution in [0.5, 0.6) is 0 Å². The third-order valence-corrected chi connectivity index (χ3v) is 7.01. The Labute approximate surface area is 205 Å². The lowest BCUT2D eigenvalue weighted by Crippen LogP contribution is -2.54. The van der Waals surface area contributed by atoms with E-state index in [1.807, 2.05) is 84.9 Å². The average Bonchev–Trinajstić information content (AvgIpc) is 3.31.